The predicted octanol–water partition coefficient (Wildman–Crippen LogP) is 3.28. The third-order valence-electron chi connectivity index (χ3n) is 4.02. The molecule has 0 aromatic heterocycles. The lowest BCUT2D eigenvalue weighted by atomic mass is 9.74. The Balaban J connectivity index is 2.72. The number of ketones is 2. The summed E-state index contributed by atoms with van der Waals surface area (Å²) < 4.78 is 17.3. The molecule has 0 spiro atoms. The van der Waals surface area contributed by atoms with Gasteiger partial charge >= 0.3 is 0 Å². The van der Waals surface area contributed by atoms with Gasteiger partial charge in [-0.25, -0.2) is 0 Å². The molecule has 1 heterocycles. The minimum absolute atomic E-state index is 0.305. The number of benzene rings is 1. The molecule has 1 aliphatic heterocycles. The molecule has 5 nitrogen and oxygen atoms in total. The lowest BCUT2D eigenvalue weighted by Crippen LogP contribution is -2.57. The summed E-state index contributed by atoms with van der Waals surface area (Å²) in [6, 6.07) is 3.43. The summed E-state index contributed by atoms with van der Waals surface area (Å²) in [6.45, 7) is 6.70. The lowest BCUT2D eigenvalue weighted by Gasteiger charge is -2.43. The Labute approximate surface area is 144 Å². The molecule has 1 aromatic carbocycles. The van der Waals surface area contributed by atoms with E-state index in [0.717, 1.165) is 4.47 Å². The van der Waals surface area contributed by atoms with E-state index in [-0.39, 0.29) is 11.6 Å². The zero-order chi connectivity index (χ0) is 17.6. The van der Waals surface area contributed by atoms with E-state index in [1.807, 2.05) is 0 Å². The molecule has 1 aliphatic rings. The van der Waals surface area contributed by atoms with Crippen molar-refractivity contribution in [3.05, 3.63) is 22.2 Å². The highest BCUT2D eigenvalue weighted by atomic mass is 79.9. The van der Waals surface area contributed by atoms with Crippen LogP contribution in [0.1, 0.15) is 39.2 Å². The van der Waals surface area contributed by atoms with Gasteiger partial charge < -0.3 is 14.2 Å². The number of rotatable bonds is 3. The van der Waals surface area contributed by atoms with Gasteiger partial charge in [0.1, 0.15) is 28.6 Å². The highest BCUT2D eigenvalue weighted by Gasteiger charge is 2.54. The summed E-state index contributed by atoms with van der Waals surface area (Å²) in [5.41, 5.74) is -1.71. The van der Waals surface area contributed by atoms with Crippen molar-refractivity contribution in [2.45, 2.75) is 44.8 Å². The summed E-state index contributed by atoms with van der Waals surface area (Å²) in [6.07, 6.45) is 0. The summed E-state index contributed by atoms with van der Waals surface area (Å²) in [4.78, 5) is 25.8. The highest BCUT2D eigenvalue weighted by molar-refractivity contribution is 9.10. The van der Waals surface area contributed by atoms with Crippen LogP contribution in [0.15, 0.2) is 16.6 Å². The van der Waals surface area contributed by atoms with E-state index in [4.69, 9.17) is 14.2 Å². The molecule has 0 atom stereocenters. The molecule has 1 fully saturated rings. The number of methoxy groups -OCH3 is 2. The van der Waals surface area contributed by atoms with Gasteiger partial charge in [0, 0.05) is 4.47 Å². The molecular weight excluding hydrogens is 364 g/mol. The maximum absolute atomic E-state index is 12.9. The highest BCUT2D eigenvalue weighted by Crippen LogP contribution is 2.45. The molecule has 0 radical (unpaired) electrons. The van der Waals surface area contributed by atoms with Crippen molar-refractivity contribution in [2.75, 3.05) is 14.2 Å². The first-order chi connectivity index (χ1) is 10.5. The summed E-state index contributed by atoms with van der Waals surface area (Å²) in [5.74, 6) is -0.749. The van der Waals surface area contributed by atoms with Crippen LogP contribution >= 0.6 is 15.9 Å². The third kappa shape index (κ3) is 3.02. The zero-order valence-corrected chi connectivity index (χ0v) is 15.7. The lowest BCUT2D eigenvalue weighted by molar-refractivity contribution is -0.184. The van der Waals surface area contributed by atoms with Crippen LogP contribution in [0.4, 0.5) is 0 Å². The van der Waals surface area contributed by atoms with Gasteiger partial charge in [-0.1, -0.05) is 15.9 Å². The van der Waals surface area contributed by atoms with Crippen LogP contribution in [0, 0.1) is 0 Å². The van der Waals surface area contributed by atoms with Gasteiger partial charge in [0.25, 0.3) is 0 Å². The number of Topliss-reactive ketones (excluding diaryl/α,β-unsaturated/α-hetero) is 2. The zero-order valence-electron chi connectivity index (χ0n) is 14.2. The van der Waals surface area contributed by atoms with Crippen molar-refractivity contribution >= 4 is 27.5 Å². The Morgan fingerprint density at radius 1 is 0.957 bits per heavy atom. The minimum Gasteiger partial charge on any atom is -0.496 e. The van der Waals surface area contributed by atoms with Crippen LogP contribution in [0.5, 0.6) is 11.5 Å². The van der Waals surface area contributed by atoms with Crippen LogP contribution in [0.2, 0.25) is 0 Å². The normalized spacial score (nSPS) is 20.5. The van der Waals surface area contributed by atoms with E-state index in [9.17, 15) is 9.59 Å². The van der Waals surface area contributed by atoms with Crippen LogP contribution in [0.3, 0.4) is 0 Å². The number of hydrogen-bond acceptors (Lipinski definition) is 5. The monoisotopic (exact) mass is 384 g/mol. The first-order valence-corrected chi connectivity index (χ1v) is 8.04. The van der Waals surface area contributed by atoms with Gasteiger partial charge in [-0.3, -0.25) is 9.59 Å². The molecule has 0 aliphatic carbocycles. The summed E-state index contributed by atoms with van der Waals surface area (Å²) in [7, 11) is 2.99. The standard InChI is InChI=1S/C17H21BrO5/c1-16(2)14(19)13(15(20)17(3,4)23-16)12-10(21-5)7-9(18)8-11(12)22-6/h7-8,13H,1-6H3. The van der Waals surface area contributed by atoms with E-state index in [2.05, 4.69) is 15.9 Å². The maximum atomic E-state index is 12.9. The summed E-state index contributed by atoms with van der Waals surface area (Å²) in [5, 5.41) is 0. The first kappa shape index (κ1) is 17.9. The second-order valence-electron chi connectivity index (χ2n) is 6.51. The number of carbonyl (C=O) groups excluding carboxylic acids is 2. The van der Waals surface area contributed by atoms with E-state index >= 15 is 0 Å². The van der Waals surface area contributed by atoms with E-state index < -0.39 is 17.1 Å². The average molecular weight is 385 g/mol. The fraction of sp³-hybridized carbons (Fsp3) is 0.529. The average Bonchev–Trinajstić information content (AvgIpc) is 2.45. The molecule has 126 valence electrons. The van der Waals surface area contributed by atoms with Crippen molar-refractivity contribution in [3.63, 3.8) is 0 Å². The van der Waals surface area contributed by atoms with Gasteiger partial charge in [-0.05, 0) is 39.8 Å². The predicted molar refractivity (Wildman–Crippen MR) is 89.2 cm³/mol. The fourth-order valence-electron chi connectivity index (χ4n) is 3.01. The van der Waals surface area contributed by atoms with Crippen molar-refractivity contribution in [2.24, 2.45) is 0 Å². The molecule has 0 bridgehead atoms. The largest absolute Gasteiger partial charge is 0.496 e. The second kappa shape index (κ2) is 5.91. The second-order valence-corrected chi connectivity index (χ2v) is 7.42. The fourth-order valence-corrected chi connectivity index (χ4v) is 3.42. The molecule has 0 saturated carbocycles. The smallest absolute Gasteiger partial charge is 0.179 e. The number of halogens is 1. The van der Waals surface area contributed by atoms with Crippen molar-refractivity contribution in [1.29, 1.82) is 0 Å². The Bertz CT molecular complexity index is 612. The molecule has 6 heteroatoms. The van der Waals surface area contributed by atoms with Gasteiger partial charge in [0.05, 0.1) is 19.8 Å². The minimum atomic E-state index is -1.08. The molecule has 0 amide bonds. The van der Waals surface area contributed by atoms with Crippen LogP contribution < -0.4 is 9.47 Å². The van der Waals surface area contributed by atoms with Crippen LogP contribution in [0.25, 0.3) is 0 Å². The molecule has 1 saturated heterocycles. The third-order valence-corrected chi connectivity index (χ3v) is 4.48. The van der Waals surface area contributed by atoms with E-state index in [0.29, 0.717) is 17.1 Å². The van der Waals surface area contributed by atoms with E-state index in [1.165, 1.54) is 14.2 Å². The Morgan fingerprint density at radius 3 is 1.70 bits per heavy atom. The SMILES string of the molecule is COc1cc(Br)cc(OC)c1C1C(=O)C(C)(C)OC(C)(C)C1=O. The van der Waals surface area contributed by atoms with Gasteiger partial charge in [-0.15, -0.1) is 0 Å². The van der Waals surface area contributed by atoms with E-state index in [1.54, 1.807) is 39.8 Å². The van der Waals surface area contributed by atoms with Gasteiger partial charge in [-0.2, -0.15) is 0 Å². The molecule has 1 aromatic rings. The number of ether oxygens (including phenoxy) is 3. The first-order valence-electron chi connectivity index (χ1n) is 7.25. The molecular formula is C17H21BrO5. The Morgan fingerprint density at radius 2 is 1.35 bits per heavy atom. The molecule has 0 unspecified atom stereocenters. The molecule has 23 heavy (non-hydrogen) atoms. The summed E-state index contributed by atoms with van der Waals surface area (Å²) >= 11 is 3.37. The van der Waals surface area contributed by atoms with Gasteiger partial charge in [0.2, 0.25) is 0 Å². The Hall–Kier alpha value is -1.40. The van der Waals surface area contributed by atoms with Crippen molar-refractivity contribution in [3.8, 4) is 11.5 Å². The number of carbonyl (C=O) groups is 2. The Kier molecular flexibility index (Phi) is 4.61. The number of hydrogen-bond donors (Lipinski definition) is 0. The van der Waals surface area contributed by atoms with Crippen molar-refractivity contribution in [1.82, 2.24) is 0 Å². The topological polar surface area (TPSA) is 61.8 Å². The maximum Gasteiger partial charge on any atom is 0.179 e. The van der Waals surface area contributed by atoms with Crippen LogP contribution in [-0.2, 0) is 14.3 Å². The van der Waals surface area contributed by atoms with Gasteiger partial charge in [0.15, 0.2) is 11.6 Å². The van der Waals surface area contributed by atoms with Crippen molar-refractivity contribution < 1.29 is 23.8 Å². The molecule has 2 rings (SSSR count). The van der Waals surface area contributed by atoms with Crippen LogP contribution in [-0.4, -0.2) is 37.0 Å². The quantitative estimate of drug-likeness (QED) is 0.748. The molecule has 0 N–H and O–H groups in total.